The van der Waals surface area contributed by atoms with Gasteiger partial charge in [0.25, 0.3) is 0 Å². The van der Waals surface area contributed by atoms with Gasteiger partial charge in [0, 0.05) is 10.9 Å². The van der Waals surface area contributed by atoms with Crippen molar-refractivity contribution in [2.24, 2.45) is 0 Å². The van der Waals surface area contributed by atoms with E-state index in [0.29, 0.717) is 0 Å². The number of pyridine rings is 1. The Balaban J connectivity index is 2.09. The maximum Gasteiger partial charge on any atom is 0.123 e. The second-order valence-corrected chi connectivity index (χ2v) is 11.4. The molecule has 0 saturated carbocycles. The zero-order chi connectivity index (χ0) is 15.0. The summed E-state index contributed by atoms with van der Waals surface area (Å²) in [6, 6.07) is 17.1. The van der Waals surface area contributed by atoms with E-state index in [1.165, 1.54) is 17.3 Å². The van der Waals surface area contributed by atoms with Gasteiger partial charge in [-0.2, -0.15) is 0 Å². The van der Waals surface area contributed by atoms with E-state index < -0.39 is 8.07 Å². The third kappa shape index (κ3) is 2.88. The molecule has 2 aromatic carbocycles. The van der Waals surface area contributed by atoms with Crippen LogP contribution in [-0.2, 0) is 0 Å². The highest BCUT2D eigenvalue weighted by Crippen LogP contribution is 2.21. The van der Waals surface area contributed by atoms with Crippen molar-refractivity contribution in [3.8, 4) is 11.3 Å². The predicted molar refractivity (Wildman–Crippen MR) is 90.1 cm³/mol. The predicted octanol–water partition coefficient (Wildman–Crippen LogP) is 4.59. The largest absolute Gasteiger partial charge is 0.248 e. The summed E-state index contributed by atoms with van der Waals surface area (Å²) in [5.74, 6) is -0.233. The van der Waals surface area contributed by atoms with E-state index in [1.54, 1.807) is 6.07 Å². The number of hydrogen-bond donors (Lipinski definition) is 0. The van der Waals surface area contributed by atoms with Crippen molar-refractivity contribution in [1.29, 1.82) is 0 Å². The van der Waals surface area contributed by atoms with E-state index in [4.69, 9.17) is 0 Å². The Morgan fingerprint density at radius 2 is 1.71 bits per heavy atom. The Hall–Kier alpha value is -2.00. The quantitative estimate of drug-likeness (QED) is 0.630. The fourth-order valence-corrected chi connectivity index (χ4v) is 3.57. The number of fused-ring (bicyclic) bond motifs is 1. The first kappa shape index (κ1) is 14.0. The van der Waals surface area contributed by atoms with Crippen LogP contribution >= 0.6 is 0 Å². The molecule has 1 nitrogen and oxygen atoms in total. The molecule has 0 aliphatic heterocycles. The van der Waals surface area contributed by atoms with Crippen LogP contribution in [0, 0.1) is 5.82 Å². The van der Waals surface area contributed by atoms with Crippen molar-refractivity contribution < 1.29 is 4.39 Å². The molecule has 0 aliphatic rings. The van der Waals surface area contributed by atoms with Gasteiger partial charge in [-0.25, -0.2) is 9.37 Å². The van der Waals surface area contributed by atoms with Crippen LogP contribution < -0.4 is 5.19 Å². The number of benzene rings is 2. The number of nitrogens with zero attached hydrogens (tertiary/aromatic N) is 1. The van der Waals surface area contributed by atoms with Gasteiger partial charge in [0.1, 0.15) is 5.82 Å². The van der Waals surface area contributed by atoms with Crippen molar-refractivity contribution in [3.63, 3.8) is 0 Å². The normalized spacial score (nSPS) is 11.8. The van der Waals surface area contributed by atoms with Crippen LogP contribution in [0.4, 0.5) is 4.39 Å². The molecule has 0 unspecified atom stereocenters. The van der Waals surface area contributed by atoms with Gasteiger partial charge in [-0.1, -0.05) is 55.2 Å². The summed E-state index contributed by atoms with van der Waals surface area (Å²) in [4.78, 5) is 4.66. The van der Waals surface area contributed by atoms with Crippen LogP contribution in [0.5, 0.6) is 0 Å². The Bertz CT molecular complexity index is 806. The summed E-state index contributed by atoms with van der Waals surface area (Å²) < 4.78 is 13.3. The Morgan fingerprint density at radius 3 is 2.43 bits per heavy atom. The maximum absolute atomic E-state index is 13.3. The lowest BCUT2D eigenvalue weighted by Gasteiger charge is -2.17. The standard InChI is InChI=1S/C18H18FNSi/c1-21(2,3)16-8-10-18-14(12-16)7-9-17(20-18)13-5-4-6-15(19)11-13/h4-12H,1-3H3. The zero-order valence-electron chi connectivity index (χ0n) is 12.5. The molecule has 3 aromatic rings. The summed E-state index contributed by atoms with van der Waals surface area (Å²) in [7, 11) is -1.31. The van der Waals surface area contributed by atoms with Crippen LogP contribution in [-0.4, -0.2) is 13.1 Å². The Labute approximate surface area is 125 Å². The van der Waals surface area contributed by atoms with Gasteiger partial charge in [0.2, 0.25) is 0 Å². The molecule has 1 heterocycles. The molecule has 0 saturated heterocycles. The average Bonchev–Trinajstić information content (AvgIpc) is 2.45. The zero-order valence-corrected chi connectivity index (χ0v) is 13.5. The van der Waals surface area contributed by atoms with Gasteiger partial charge >= 0.3 is 0 Å². The first-order valence-corrected chi connectivity index (χ1v) is 10.6. The first-order valence-electron chi connectivity index (χ1n) is 7.11. The molecule has 0 spiro atoms. The Morgan fingerprint density at radius 1 is 0.905 bits per heavy atom. The fourth-order valence-electron chi connectivity index (χ4n) is 2.40. The third-order valence-corrected chi connectivity index (χ3v) is 5.72. The van der Waals surface area contributed by atoms with Gasteiger partial charge in [0.05, 0.1) is 19.3 Å². The van der Waals surface area contributed by atoms with Crippen LogP contribution in [0.15, 0.2) is 54.6 Å². The summed E-state index contributed by atoms with van der Waals surface area (Å²) >= 11 is 0. The van der Waals surface area contributed by atoms with E-state index >= 15 is 0 Å². The van der Waals surface area contributed by atoms with Gasteiger partial charge in [0.15, 0.2) is 0 Å². The van der Waals surface area contributed by atoms with Crippen LogP contribution in [0.2, 0.25) is 19.6 Å². The molecule has 0 bridgehead atoms. The van der Waals surface area contributed by atoms with Crippen LogP contribution in [0.1, 0.15) is 0 Å². The molecule has 0 fully saturated rings. The Kier molecular flexibility index (Phi) is 3.37. The van der Waals surface area contributed by atoms with Crippen LogP contribution in [0.3, 0.4) is 0 Å². The van der Waals surface area contributed by atoms with E-state index in [1.807, 2.05) is 12.1 Å². The lowest BCUT2D eigenvalue weighted by Crippen LogP contribution is -2.37. The number of hydrogen-bond acceptors (Lipinski definition) is 1. The van der Waals surface area contributed by atoms with Crippen molar-refractivity contribution in [1.82, 2.24) is 4.98 Å². The molecular formula is C18H18FNSi. The summed E-state index contributed by atoms with van der Waals surface area (Å²) in [6.07, 6.45) is 0. The number of aromatic nitrogens is 1. The lowest BCUT2D eigenvalue weighted by molar-refractivity contribution is 0.628. The summed E-state index contributed by atoms with van der Waals surface area (Å²) in [6.45, 7) is 7.01. The second-order valence-electron chi connectivity index (χ2n) is 6.36. The van der Waals surface area contributed by atoms with Crippen molar-refractivity contribution in [2.45, 2.75) is 19.6 Å². The smallest absolute Gasteiger partial charge is 0.123 e. The van der Waals surface area contributed by atoms with Crippen molar-refractivity contribution in [3.05, 3.63) is 60.4 Å². The minimum absolute atomic E-state index is 0.233. The lowest BCUT2D eigenvalue weighted by atomic mass is 10.1. The van der Waals surface area contributed by atoms with Gasteiger partial charge in [-0.05, 0) is 24.3 Å². The molecule has 0 aliphatic carbocycles. The molecule has 106 valence electrons. The molecule has 3 rings (SSSR count). The van der Waals surface area contributed by atoms with E-state index in [0.717, 1.165) is 22.2 Å². The van der Waals surface area contributed by atoms with Crippen molar-refractivity contribution in [2.75, 3.05) is 0 Å². The summed E-state index contributed by atoms with van der Waals surface area (Å²) in [5, 5.41) is 2.57. The second kappa shape index (κ2) is 5.08. The number of halogens is 1. The van der Waals surface area contributed by atoms with Crippen molar-refractivity contribution >= 4 is 24.2 Å². The molecule has 0 radical (unpaired) electrons. The van der Waals surface area contributed by atoms with E-state index in [2.05, 4.69) is 48.9 Å². The highest BCUT2D eigenvalue weighted by molar-refractivity contribution is 6.88. The molecule has 0 amide bonds. The van der Waals surface area contributed by atoms with E-state index in [-0.39, 0.29) is 5.82 Å². The minimum Gasteiger partial charge on any atom is -0.248 e. The molecular weight excluding hydrogens is 277 g/mol. The van der Waals surface area contributed by atoms with Gasteiger partial charge < -0.3 is 0 Å². The topological polar surface area (TPSA) is 12.9 Å². The SMILES string of the molecule is C[Si](C)(C)c1ccc2nc(-c3cccc(F)c3)ccc2c1. The summed E-state index contributed by atoms with van der Waals surface area (Å²) in [5.41, 5.74) is 2.58. The monoisotopic (exact) mass is 295 g/mol. The van der Waals surface area contributed by atoms with Crippen LogP contribution in [0.25, 0.3) is 22.2 Å². The average molecular weight is 295 g/mol. The molecule has 3 heteroatoms. The maximum atomic E-state index is 13.3. The molecule has 0 atom stereocenters. The molecule has 21 heavy (non-hydrogen) atoms. The highest BCUT2D eigenvalue weighted by atomic mass is 28.3. The first-order chi connectivity index (χ1) is 9.93. The third-order valence-electron chi connectivity index (χ3n) is 3.68. The highest BCUT2D eigenvalue weighted by Gasteiger charge is 2.16. The van der Waals surface area contributed by atoms with Gasteiger partial charge in [-0.3, -0.25) is 0 Å². The molecule has 0 N–H and O–H groups in total. The minimum atomic E-state index is -1.31. The van der Waals surface area contributed by atoms with E-state index in [9.17, 15) is 4.39 Å². The fraction of sp³-hybridized carbons (Fsp3) is 0.167. The van der Waals surface area contributed by atoms with Gasteiger partial charge in [-0.15, -0.1) is 0 Å². The molecule has 1 aromatic heterocycles. The number of rotatable bonds is 2.